The molecule has 37 heavy (non-hydrogen) atoms. The molecule has 0 aliphatic carbocycles. The highest BCUT2D eigenvalue weighted by Gasteiger charge is 2.23. The summed E-state index contributed by atoms with van der Waals surface area (Å²) in [6.45, 7) is 5.43. The van der Waals surface area contributed by atoms with E-state index < -0.39 is 17.1 Å². The van der Waals surface area contributed by atoms with Crippen molar-refractivity contribution in [3.05, 3.63) is 97.7 Å². The van der Waals surface area contributed by atoms with E-state index in [1.54, 1.807) is 36.4 Å². The van der Waals surface area contributed by atoms with Gasteiger partial charge >= 0.3 is 0 Å². The molecule has 0 radical (unpaired) electrons. The molecular weight excluding hydrogens is 563 g/mol. The van der Waals surface area contributed by atoms with Gasteiger partial charge in [-0.25, -0.2) is 9.37 Å². The summed E-state index contributed by atoms with van der Waals surface area (Å²) in [5.41, 5.74) is 0.236. The second-order valence-corrected chi connectivity index (χ2v) is 10.6. The van der Waals surface area contributed by atoms with Gasteiger partial charge in [-0.15, -0.1) is 0 Å². The van der Waals surface area contributed by atoms with Crippen LogP contribution < -0.4 is 15.6 Å². The Labute approximate surface area is 226 Å². The first kappa shape index (κ1) is 26.5. The van der Waals surface area contributed by atoms with Crippen molar-refractivity contribution in [1.82, 2.24) is 9.66 Å². The number of aromatic nitrogens is 2. The third kappa shape index (κ3) is 6.23. The highest BCUT2D eigenvalue weighted by Crippen LogP contribution is 2.25. The third-order valence-electron chi connectivity index (χ3n) is 5.27. The molecule has 0 atom stereocenters. The molecule has 0 spiro atoms. The first-order chi connectivity index (χ1) is 17.5. The molecule has 0 saturated carbocycles. The normalized spacial score (nSPS) is 11.7. The standard InChI is InChI=1S/C27H23BrClFN4O3/c1-27(2,3)26-33-21-10-8-17(28)13-19(21)25(36)34(26)31-14-16-12-18(29)9-11-23(16)37-15-24(35)32-22-7-5-4-6-20(22)30/h4-14H,15H2,1-3H3,(H,32,35). The second kappa shape index (κ2) is 10.8. The predicted molar refractivity (Wildman–Crippen MR) is 147 cm³/mol. The van der Waals surface area contributed by atoms with Crippen LogP contribution in [-0.4, -0.2) is 28.4 Å². The average Bonchev–Trinajstić information content (AvgIpc) is 2.84. The van der Waals surface area contributed by atoms with Crippen LogP contribution in [0, 0.1) is 5.82 Å². The number of amides is 1. The zero-order chi connectivity index (χ0) is 26.7. The number of ether oxygens (including phenoxy) is 1. The maximum Gasteiger partial charge on any atom is 0.282 e. The van der Waals surface area contributed by atoms with Gasteiger partial charge in [0.1, 0.15) is 17.4 Å². The zero-order valence-electron chi connectivity index (χ0n) is 20.3. The van der Waals surface area contributed by atoms with Gasteiger partial charge in [-0.2, -0.15) is 9.78 Å². The van der Waals surface area contributed by atoms with Crippen molar-refractivity contribution in [2.24, 2.45) is 5.10 Å². The Bertz CT molecular complexity index is 1580. The number of nitrogens with zero attached hydrogens (tertiary/aromatic N) is 3. The van der Waals surface area contributed by atoms with Crippen LogP contribution in [0.2, 0.25) is 5.02 Å². The third-order valence-corrected chi connectivity index (χ3v) is 6.00. The summed E-state index contributed by atoms with van der Waals surface area (Å²) in [6.07, 6.45) is 1.43. The summed E-state index contributed by atoms with van der Waals surface area (Å²) in [5, 5.41) is 7.73. The number of nitrogens with one attached hydrogen (secondary N) is 1. The Morgan fingerprint density at radius 2 is 1.95 bits per heavy atom. The fraction of sp³-hybridized carbons (Fsp3) is 0.185. The maximum absolute atomic E-state index is 13.8. The molecule has 0 bridgehead atoms. The largest absolute Gasteiger partial charge is 0.483 e. The van der Waals surface area contributed by atoms with Gasteiger partial charge in [-0.05, 0) is 48.5 Å². The molecule has 0 fully saturated rings. The van der Waals surface area contributed by atoms with E-state index in [-0.39, 0.29) is 17.9 Å². The topological polar surface area (TPSA) is 85.6 Å². The van der Waals surface area contributed by atoms with E-state index in [0.717, 1.165) is 4.47 Å². The molecule has 3 aromatic carbocycles. The van der Waals surface area contributed by atoms with Crippen molar-refractivity contribution >= 4 is 56.2 Å². The second-order valence-electron chi connectivity index (χ2n) is 9.21. The van der Waals surface area contributed by atoms with Crippen LogP contribution in [0.3, 0.4) is 0 Å². The Hall–Kier alpha value is -3.56. The van der Waals surface area contributed by atoms with Gasteiger partial charge in [0, 0.05) is 20.5 Å². The number of carbonyl (C=O) groups is 1. The molecule has 10 heteroatoms. The fourth-order valence-corrected chi connectivity index (χ4v) is 4.05. The lowest BCUT2D eigenvalue weighted by atomic mass is 9.95. The number of anilines is 1. The van der Waals surface area contributed by atoms with Crippen LogP contribution in [0.5, 0.6) is 5.75 Å². The molecule has 1 amide bonds. The van der Waals surface area contributed by atoms with Crippen LogP contribution in [0.4, 0.5) is 10.1 Å². The fourth-order valence-electron chi connectivity index (χ4n) is 3.51. The van der Waals surface area contributed by atoms with Crippen LogP contribution in [0.15, 0.2) is 75.0 Å². The zero-order valence-corrected chi connectivity index (χ0v) is 22.6. The van der Waals surface area contributed by atoms with E-state index in [9.17, 15) is 14.0 Å². The van der Waals surface area contributed by atoms with Crippen LogP contribution >= 0.6 is 27.5 Å². The van der Waals surface area contributed by atoms with Gasteiger partial charge in [-0.1, -0.05) is 60.4 Å². The molecule has 4 aromatic rings. The first-order valence-corrected chi connectivity index (χ1v) is 12.4. The molecule has 0 saturated heterocycles. The van der Waals surface area contributed by atoms with Gasteiger partial charge < -0.3 is 10.1 Å². The van der Waals surface area contributed by atoms with Gasteiger partial charge in [0.2, 0.25) is 0 Å². The highest BCUT2D eigenvalue weighted by atomic mass is 79.9. The Kier molecular flexibility index (Phi) is 7.75. The molecular formula is C27H23BrClFN4O3. The predicted octanol–water partition coefficient (Wildman–Crippen LogP) is 6.15. The van der Waals surface area contributed by atoms with Gasteiger partial charge in [0.25, 0.3) is 11.5 Å². The van der Waals surface area contributed by atoms with Gasteiger partial charge in [0.15, 0.2) is 6.61 Å². The van der Waals surface area contributed by atoms with Crippen LogP contribution in [0.25, 0.3) is 10.9 Å². The maximum atomic E-state index is 13.8. The number of fused-ring (bicyclic) bond motifs is 1. The summed E-state index contributed by atoms with van der Waals surface area (Å²) in [5.74, 6) is -0.319. The number of hydrogen-bond acceptors (Lipinski definition) is 5. The Morgan fingerprint density at radius 1 is 1.19 bits per heavy atom. The number of carbonyl (C=O) groups excluding carboxylic acids is 1. The first-order valence-electron chi connectivity index (χ1n) is 11.3. The van der Waals surface area contributed by atoms with E-state index in [4.69, 9.17) is 21.3 Å². The summed E-state index contributed by atoms with van der Waals surface area (Å²) in [6, 6.07) is 15.9. The lowest BCUT2D eigenvalue weighted by molar-refractivity contribution is -0.118. The monoisotopic (exact) mass is 584 g/mol. The van der Waals surface area contributed by atoms with E-state index in [2.05, 4.69) is 26.3 Å². The van der Waals surface area contributed by atoms with E-state index in [0.29, 0.717) is 33.1 Å². The van der Waals surface area contributed by atoms with Crippen molar-refractivity contribution in [3.8, 4) is 5.75 Å². The number of rotatable bonds is 6. The van der Waals surface area contributed by atoms with Crippen molar-refractivity contribution in [1.29, 1.82) is 0 Å². The van der Waals surface area contributed by atoms with Crippen LogP contribution in [-0.2, 0) is 10.2 Å². The van der Waals surface area contributed by atoms with Crippen molar-refractivity contribution in [2.75, 3.05) is 11.9 Å². The summed E-state index contributed by atoms with van der Waals surface area (Å²) in [7, 11) is 0. The number of halogens is 3. The quantitative estimate of drug-likeness (QED) is 0.275. The molecule has 7 nitrogen and oxygen atoms in total. The number of benzene rings is 3. The smallest absolute Gasteiger partial charge is 0.282 e. The van der Waals surface area contributed by atoms with E-state index in [1.807, 2.05) is 26.8 Å². The summed E-state index contributed by atoms with van der Waals surface area (Å²) < 4.78 is 21.5. The molecule has 0 unspecified atom stereocenters. The molecule has 1 aromatic heterocycles. The Morgan fingerprint density at radius 3 is 2.68 bits per heavy atom. The van der Waals surface area contributed by atoms with Gasteiger partial charge in [-0.3, -0.25) is 9.59 Å². The van der Waals surface area contributed by atoms with Crippen molar-refractivity contribution in [2.45, 2.75) is 26.2 Å². The molecule has 0 aliphatic heterocycles. The highest BCUT2D eigenvalue weighted by molar-refractivity contribution is 9.10. The van der Waals surface area contributed by atoms with Crippen LogP contribution in [0.1, 0.15) is 32.2 Å². The summed E-state index contributed by atoms with van der Waals surface area (Å²) >= 11 is 9.59. The van der Waals surface area contributed by atoms with Gasteiger partial charge in [0.05, 0.1) is 22.8 Å². The molecule has 190 valence electrons. The lowest BCUT2D eigenvalue weighted by Gasteiger charge is -2.21. The average molecular weight is 586 g/mol. The molecule has 1 heterocycles. The minimum absolute atomic E-state index is 0.0542. The minimum Gasteiger partial charge on any atom is -0.483 e. The summed E-state index contributed by atoms with van der Waals surface area (Å²) in [4.78, 5) is 30.4. The Balaban J connectivity index is 1.66. The number of hydrogen-bond donors (Lipinski definition) is 1. The SMILES string of the molecule is CC(C)(C)c1nc2ccc(Br)cc2c(=O)n1N=Cc1cc(Cl)ccc1OCC(=O)Nc1ccccc1F. The number of para-hydroxylation sites is 1. The lowest BCUT2D eigenvalue weighted by Crippen LogP contribution is -2.29. The molecule has 0 aliphatic rings. The minimum atomic E-state index is -0.550. The molecule has 4 rings (SSSR count). The molecule has 1 N–H and O–H groups in total. The van der Waals surface area contributed by atoms with Crippen molar-refractivity contribution in [3.63, 3.8) is 0 Å². The van der Waals surface area contributed by atoms with Crippen molar-refractivity contribution < 1.29 is 13.9 Å². The van der Waals surface area contributed by atoms with E-state index in [1.165, 1.54) is 29.1 Å². The van der Waals surface area contributed by atoms with E-state index >= 15 is 0 Å².